The Balaban J connectivity index is 1.78. The van der Waals surface area contributed by atoms with E-state index in [9.17, 15) is 8.42 Å². The lowest BCUT2D eigenvalue weighted by Crippen LogP contribution is -2.01. The van der Waals surface area contributed by atoms with Gasteiger partial charge in [-0.15, -0.1) is 11.3 Å². The number of thiazole rings is 1. The number of rotatable bonds is 6. The molecule has 0 atom stereocenters. The lowest BCUT2D eigenvalue weighted by atomic mass is 10.1. The second kappa shape index (κ2) is 7.03. The molecule has 0 spiro atoms. The van der Waals surface area contributed by atoms with Crippen LogP contribution in [0.2, 0.25) is 0 Å². The number of benzene rings is 1. The number of nitrogens with zero attached hydrogens (tertiary/aromatic N) is 3. The monoisotopic (exact) mass is 377 g/mol. The first-order chi connectivity index (χ1) is 11.9. The molecule has 1 aromatic carbocycles. The Morgan fingerprint density at radius 2 is 1.92 bits per heavy atom. The summed E-state index contributed by atoms with van der Waals surface area (Å²) in [6, 6.07) is 6.79. The first-order valence-electron chi connectivity index (χ1n) is 7.74. The minimum Gasteiger partial charge on any atom is -0.330 e. The van der Waals surface area contributed by atoms with Gasteiger partial charge in [-0.25, -0.2) is 18.4 Å². The Kier molecular flexibility index (Phi) is 4.98. The van der Waals surface area contributed by atoms with Crippen LogP contribution in [-0.4, -0.2) is 41.4 Å². The minimum atomic E-state index is -3.18. The predicted molar refractivity (Wildman–Crippen MR) is 97.3 cm³/mol. The zero-order valence-corrected chi connectivity index (χ0v) is 15.6. The van der Waals surface area contributed by atoms with Crippen molar-refractivity contribution in [3.8, 4) is 10.7 Å². The van der Waals surface area contributed by atoms with Crippen molar-refractivity contribution in [1.82, 2.24) is 20.2 Å². The van der Waals surface area contributed by atoms with Gasteiger partial charge in [-0.05, 0) is 31.2 Å². The molecule has 132 valence electrons. The third-order valence-corrected chi connectivity index (χ3v) is 6.00. The number of aryl methyl sites for hydroxylation is 1. The fourth-order valence-corrected chi connectivity index (χ4v) is 4.06. The molecule has 0 aliphatic heterocycles. The molecule has 2 aromatic heterocycles. The highest BCUT2D eigenvalue weighted by molar-refractivity contribution is 7.90. The van der Waals surface area contributed by atoms with E-state index in [0.717, 1.165) is 33.4 Å². The average Bonchev–Trinajstić information content (AvgIpc) is 3.14. The van der Waals surface area contributed by atoms with Crippen LogP contribution in [0.4, 0.5) is 0 Å². The average molecular weight is 377 g/mol. The first kappa shape index (κ1) is 17.7. The molecule has 0 aliphatic rings. The van der Waals surface area contributed by atoms with Gasteiger partial charge in [0.25, 0.3) is 0 Å². The van der Waals surface area contributed by atoms with Gasteiger partial charge in [0.1, 0.15) is 5.82 Å². The second-order valence-corrected chi connectivity index (χ2v) is 8.86. The van der Waals surface area contributed by atoms with E-state index in [1.54, 1.807) is 35.6 Å². The molecule has 7 nitrogen and oxygen atoms in total. The number of nitrogens with two attached hydrogens (primary N) is 1. The van der Waals surface area contributed by atoms with Crippen LogP contribution in [0, 0.1) is 6.92 Å². The Morgan fingerprint density at radius 3 is 2.56 bits per heavy atom. The summed E-state index contributed by atoms with van der Waals surface area (Å²) < 4.78 is 23.0. The molecule has 9 heteroatoms. The Bertz CT molecular complexity index is 974. The zero-order chi connectivity index (χ0) is 18.0. The summed E-state index contributed by atoms with van der Waals surface area (Å²) in [6.45, 7) is 2.50. The molecule has 0 aliphatic carbocycles. The van der Waals surface area contributed by atoms with Crippen molar-refractivity contribution < 1.29 is 8.42 Å². The standard InChI is InChI=1S/C16H19N5O2S2/c1-10-15(24-14(18-10)7-8-17)16-19-13(20-21-16)9-11-3-5-12(6-4-11)25(2,22)23/h3-6H,7-9,17H2,1-2H3,(H,19,20,21). The Labute approximate surface area is 150 Å². The van der Waals surface area contributed by atoms with E-state index in [2.05, 4.69) is 20.2 Å². The fraction of sp³-hybridized carbons (Fsp3) is 0.312. The molecule has 0 unspecified atom stereocenters. The van der Waals surface area contributed by atoms with E-state index >= 15 is 0 Å². The lowest BCUT2D eigenvalue weighted by molar-refractivity contribution is 0.602. The maximum atomic E-state index is 11.5. The zero-order valence-electron chi connectivity index (χ0n) is 14.0. The van der Waals surface area contributed by atoms with Crippen molar-refractivity contribution in [1.29, 1.82) is 0 Å². The van der Waals surface area contributed by atoms with Crippen LogP contribution in [0.5, 0.6) is 0 Å². The third-order valence-electron chi connectivity index (χ3n) is 3.66. The molecule has 3 N–H and O–H groups in total. The van der Waals surface area contributed by atoms with E-state index < -0.39 is 9.84 Å². The quantitative estimate of drug-likeness (QED) is 0.676. The molecule has 0 fully saturated rings. The van der Waals surface area contributed by atoms with E-state index in [4.69, 9.17) is 5.73 Å². The van der Waals surface area contributed by atoms with Crippen LogP contribution < -0.4 is 5.73 Å². The van der Waals surface area contributed by atoms with Gasteiger partial charge < -0.3 is 5.73 Å². The van der Waals surface area contributed by atoms with E-state index in [0.29, 0.717) is 23.7 Å². The van der Waals surface area contributed by atoms with Gasteiger partial charge in [0.15, 0.2) is 15.7 Å². The summed E-state index contributed by atoms with van der Waals surface area (Å²) in [4.78, 5) is 10.3. The van der Waals surface area contributed by atoms with Crippen LogP contribution in [0.25, 0.3) is 10.7 Å². The molecule has 0 saturated heterocycles. The number of hydrogen-bond acceptors (Lipinski definition) is 7. The lowest BCUT2D eigenvalue weighted by Gasteiger charge is -2.00. The third kappa shape index (κ3) is 4.12. The Morgan fingerprint density at radius 1 is 1.20 bits per heavy atom. The number of aromatic nitrogens is 4. The van der Waals surface area contributed by atoms with E-state index in [-0.39, 0.29) is 0 Å². The van der Waals surface area contributed by atoms with Crippen LogP contribution in [-0.2, 0) is 22.7 Å². The summed E-state index contributed by atoms with van der Waals surface area (Å²) in [7, 11) is -3.18. The van der Waals surface area contributed by atoms with Gasteiger partial charge in [-0.1, -0.05) is 12.1 Å². The first-order valence-corrected chi connectivity index (χ1v) is 10.4. The highest BCUT2D eigenvalue weighted by atomic mass is 32.2. The van der Waals surface area contributed by atoms with Gasteiger partial charge in [0, 0.05) is 19.1 Å². The maximum Gasteiger partial charge on any atom is 0.193 e. The topological polar surface area (TPSA) is 115 Å². The second-order valence-electron chi connectivity index (χ2n) is 5.76. The van der Waals surface area contributed by atoms with Crippen LogP contribution in [0.3, 0.4) is 0 Å². The van der Waals surface area contributed by atoms with Crippen molar-refractivity contribution in [2.45, 2.75) is 24.7 Å². The summed E-state index contributed by atoms with van der Waals surface area (Å²) in [5, 5.41) is 8.21. The van der Waals surface area contributed by atoms with Crippen molar-refractivity contribution in [3.05, 3.63) is 46.4 Å². The van der Waals surface area contributed by atoms with Gasteiger partial charge >= 0.3 is 0 Å². The SMILES string of the molecule is Cc1nc(CCN)sc1-c1n[nH]c(Cc2ccc(S(C)(=O)=O)cc2)n1. The smallest absolute Gasteiger partial charge is 0.193 e. The maximum absolute atomic E-state index is 11.5. The van der Waals surface area contributed by atoms with Crippen molar-refractivity contribution in [2.24, 2.45) is 5.73 Å². The molecule has 25 heavy (non-hydrogen) atoms. The fourth-order valence-electron chi connectivity index (χ4n) is 2.41. The number of sulfone groups is 1. The van der Waals surface area contributed by atoms with Crippen molar-refractivity contribution in [2.75, 3.05) is 12.8 Å². The molecular weight excluding hydrogens is 358 g/mol. The summed E-state index contributed by atoms with van der Waals surface area (Å²) >= 11 is 1.56. The van der Waals surface area contributed by atoms with E-state index in [1.165, 1.54) is 6.26 Å². The normalized spacial score (nSPS) is 11.8. The molecule has 0 amide bonds. The predicted octanol–water partition coefficient (Wildman–Crippen LogP) is 1.73. The van der Waals surface area contributed by atoms with Crippen LogP contribution >= 0.6 is 11.3 Å². The molecule has 3 rings (SSSR count). The number of nitrogens with one attached hydrogen (secondary N) is 1. The summed E-state index contributed by atoms with van der Waals surface area (Å²) in [6.07, 6.45) is 2.49. The highest BCUT2D eigenvalue weighted by Crippen LogP contribution is 2.27. The summed E-state index contributed by atoms with van der Waals surface area (Å²) in [5.74, 6) is 1.34. The number of aromatic amines is 1. The molecule has 2 heterocycles. The highest BCUT2D eigenvalue weighted by Gasteiger charge is 2.14. The van der Waals surface area contributed by atoms with E-state index in [1.807, 2.05) is 6.92 Å². The largest absolute Gasteiger partial charge is 0.330 e. The molecule has 3 aromatic rings. The molecule has 0 saturated carbocycles. The minimum absolute atomic E-state index is 0.308. The van der Waals surface area contributed by atoms with Crippen molar-refractivity contribution >= 4 is 21.2 Å². The Hall–Kier alpha value is -2.10. The molecular formula is C16H19N5O2S2. The van der Waals surface area contributed by atoms with Crippen LogP contribution in [0.15, 0.2) is 29.2 Å². The number of H-pyrrole nitrogens is 1. The molecule has 0 bridgehead atoms. The van der Waals surface area contributed by atoms with Crippen LogP contribution in [0.1, 0.15) is 22.1 Å². The van der Waals surface area contributed by atoms with Gasteiger partial charge in [0.05, 0.1) is 20.5 Å². The van der Waals surface area contributed by atoms with Gasteiger partial charge in [-0.2, -0.15) is 5.10 Å². The van der Waals surface area contributed by atoms with Gasteiger partial charge in [0.2, 0.25) is 0 Å². The number of hydrogen-bond donors (Lipinski definition) is 2. The molecule has 0 radical (unpaired) electrons. The van der Waals surface area contributed by atoms with Crippen molar-refractivity contribution in [3.63, 3.8) is 0 Å². The van der Waals surface area contributed by atoms with Gasteiger partial charge in [-0.3, -0.25) is 5.10 Å². The summed E-state index contributed by atoms with van der Waals surface area (Å²) in [5.41, 5.74) is 7.44.